The highest BCUT2D eigenvalue weighted by atomic mass is 16.5. The number of fused-ring (bicyclic) bond motifs is 8. The van der Waals surface area contributed by atoms with Crippen LogP contribution >= 0.6 is 0 Å². The van der Waals surface area contributed by atoms with Gasteiger partial charge in [0.15, 0.2) is 23.0 Å². The largest absolute Gasteiger partial charge is 0.493 e. The Hall–Kier alpha value is -9.53. The Labute approximate surface area is 467 Å². The molecule has 0 saturated carbocycles. The van der Waals surface area contributed by atoms with Crippen molar-refractivity contribution < 1.29 is 57.3 Å². The third-order valence-electron chi connectivity index (χ3n) is 14.7. The Morgan fingerprint density at radius 1 is 0.667 bits per heavy atom. The number of nitrogens with zero attached hydrogens (tertiary/aromatic N) is 4. The number of aliphatic imine (C=N–C) groups is 1. The van der Waals surface area contributed by atoms with Gasteiger partial charge in [0.25, 0.3) is 23.6 Å². The molecule has 8 amide bonds. The van der Waals surface area contributed by atoms with Gasteiger partial charge in [0.1, 0.15) is 25.3 Å². The van der Waals surface area contributed by atoms with Gasteiger partial charge in [0, 0.05) is 86.5 Å². The summed E-state index contributed by atoms with van der Waals surface area (Å²) in [5.74, 6) is -1.78. The molecule has 5 aliphatic rings. The average Bonchev–Trinajstić information content (AvgIpc) is 4.22. The Morgan fingerprint density at radius 3 is 1.94 bits per heavy atom. The quantitative estimate of drug-likeness (QED) is 0.0438. The number of para-hydroxylation sites is 2. The number of imide groups is 1. The van der Waals surface area contributed by atoms with E-state index in [9.17, 15) is 38.4 Å². The molecule has 1 unspecified atom stereocenters. The highest BCUT2D eigenvalue weighted by Gasteiger charge is 2.39. The number of ether oxygens (including phenoxy) is 4. The van der Waals surface area contributed by atoms with Crippen LogP contribution in [0.2, 0.25) is 0 Å². The minimum atomic E-state index is -1.06. The zero-order valence-electron chi connectivity index (χ0n) is 45.2. The van der Waals surface area contributed by atoms with Crippen LogP contribution in [-0.4, -0.2) is 116 Å². The van der Waals surface area contributed by atoms with Gasteiger partial charge in [-0.1, -0.05) is 36.4 Å². The lowest BCUT2D eigenvalue weighted by Gasteiger charge is -2.22. The lowest BCUT2D eigenvalue weighted by molar-refractivity contribution is -0.137. The predicted molar refractivity (Wildman–Crippen MR) is 300 cm³/mol. The van der Waals surface area contributed by atoms with Crippen LogP contribution in [0, 0.1) is 0 Å². The molecule has 0 aliphatic carbocycles. The molecule has 21 heteroatoms. The van der Waals surface area contributed by atoms with Gasteiger partial charge >= 0.3 is 0 Å². The topological polar surface area (TPSA) is 256 Å². The SMILES string of the molecule is COc1cc2c(cc1OCc1cc(COc3cc4c(cc3OC)C(=O)N3c5ccccc5CC3CN4)cc(NC(=O)[C@H](C)NC(=O)[C@H](C)NC(=O)CCCCC(=O)NCCN3C(=O)C=CC3=O)c1)N=C[C@@H]1Cc3ccccc3N1C2=O. The summed E-state index contributed by atoms with van der Waals surface area (Å²) in [6.45, 7) is 3.61. The van der Waals surface area contributed by atoms with E-state index in [1.54, 1.807) is 47.5 Å². The molecule has 4 atom stereocenters. The van der Waals surface area contributed by atoms with Crippen LogP contribution in [-0.2, 0) is 54.8 Å². The van der Waals surface area contributed by atoms with E-state index < -0.39 is 41.6 Å². The summed E-state index contributed by atoms with van der Waals surface area (Å²) in [6, 6.07) is 25.3. The molecule has 5 heterocycles. The van der Waals surface area contributed by atoms with Crippen LogP contribution in [0.5, 0.6) is 23.0 Å². The van der Waals surface area contributed by atoms with Gasteiger partial charge in [-0.3, -0.25) is 53.1 Å². The molecule has 5 aromatic carbocycles. The van der Waals surface area contributed by atoms with Crippen LogP contribution in [0.3, 0.4) is 0 Å². The molecule has 418 valence electrons. The highest BCUT2D eigenvalue weighted by Crippen LogP contribution is 2.43. The molecule has 5 aromatic rings. The van der Waals surface area contributed by atoms with Crippen molar-refractivity contribution in [3.8, 4) is 23.0 Å². The Kier molecular flexibility index (Phi) is 16.1. The number of rotatable bonds is 21. The minimum absolute atomic E-state index is 0.0261. The first kappa shape index (κ1) is 54.8. The van der Waals surface area contributed by atoms with Crippen molar-refractivity contribution in [1.29, 1.82) is 0 Å². The number of hydrogen-bond acceptors (Lipinski definition) is 14. The number of anilines is 4. The molecule has 10 rings (SSSR count). The van der Waals surface area contributed by atoms with Crippen LogP contribution < -0.4 is 55.3 Å². The predicted octanol–water partition coefficient (Wildman–Crippen LogP) is 5.70. The second kappa shape index (κ2) is 23.8. The van der Waals surface area contributed by atoms with Gasteiger partial charge in [-0.15, -0.1) is 0 Å². The number of benzene rings is 5. The van der Waals surface area contributed by atoms with Crippen molar-refractivity contribution in [1.82, 2.24) is 20.9 Å². The standard InChI is InChI=1S/C60H61N9O12/c1-34(64-54(71)16-10-9-15-53(70)61-19-20-67-55(72)17-18-56(67)73)57(74)65-35(2)58(75)66-40-22-36(32-80-51-28-45-43(26-49(51)78-3)59(76)68-41(30-62-45)24-38-11-5-7-13-47(38)68)21-37(23-40)33-81-52-29-46-44(27-50(52)79-4)60(77)69-42(31-63-46)25-39-12-6-8-14-48(39)69/h5-8,11-14,17-18,21-23,26-30,34-35,41-42,63H,9-10,15-16,19-20,24-25,31-33H2,1-4H3,(H,61,70)(H,64,71)(H,65,74)(H,66,75)/t34-,35-,41-,42?/m0/s1. The second-order valence-electron chi connectivity index (χ2n) is 20.3. The van der Waals surface area contributed by atoms with E-state index in [0.29, 0.717) is 88.1 Å². The maximum atomic E-state index is 14.1. The molecule has 0 bridgehead atoms. The molecule has 0 radical (unpaired) electrons. The fourth-order valence-corrected chi connectivity index (χ4v) is 10.6. The summed E-state index contributed by atoms with van der Waals surface area (Å²) in [6.07, 6.45) is 6.38. The van der Waals surface area contributed by atoms with Crippen molar-refractivity contribution >= 4 is 81.9 Å². The van der Waals surface area contributed by atoms with Gasteiger partial charge in [-0.25, -0.2) is 0 Å². The molecule has 0 aromatic heterocycles. The van der Waals surface area contributed by atoms with Crippen LogP contribution in [0.1, 0.15) is 82.5 Å². The molecular formula is C60H61N9O12. The number of unbranched alkanes of at least 4 members (excludes halogenated alkanes) is 1. The van der Waals surface area contributed by atoms with Crippen molar-refractivity contribution in [3.63, 3.8) is 0 Å². The zero-order valence-corrected chi connectivity index (χ0v) is 45.2. The van der Waals surface area contributed by atoms with Gasteiger partial charge < -0.3 is 50.4 Å². The van der Waals surface area contributed by atoms with Crippen molar-refractivity contribution in [3.05, 3.63) is 137 Å². The molecular weight excluding hydrogens is 1040 g/mol. The van der Waals surface area contributed by atoms with E-state index in [-0.39, 0.29) is 69.0 Å². The second-order valence-corrected chi connectivity index (χ2v) is 20.3. The summed E-state index contributed by atoms with van der Waals surface area (Å²) in [7, 11) is 2.98. The van der Waals surface area contributed by atoms with Crippen LogP contribution in [0.4, 0.5) is 28.4 Å². The smallest absolute Gasteiger partial charge is 0.261 e. The van der Waals surface area contributed by atoms with E-state index in [4.69, 9.17) is 23.9 Å². The summed E-state index contributed by atoms with van der Waals surface area (Å²) in [5, 5.41) is 14.3. The maximum Gasteiger partial charge on any atom is 0.261 e. The molecule has 21 nitrogen and oxygen atoms in total. The van der Waals surface area contributed by atoms with Gasteiger partial charge in [-0.05, 0) is 97.8 Å². The van der Waals surface area contributed by atoms with Crippen LogP contribution in [0.25, 0.3) is 0 Å². The Morgan fingerprint density at radius 2 is 1.26 bits per heavy atom. The highest BCUT2D eigenvalue weighted by molar-refractivity contribution is 6.15. The van der Waals surface area contributed by atoms with Gasteiger partial charge in [0.2, 0.25) is 23.6 Å². The molecule has 81 heavy (non-hydrogen) atoms. The number of carbonyl (C=O) groups excluding carboxylic acids is 8. The Bertz CT molecular complexity index is 3410. The molecule has 5 N–H and O–H groups in total. The lowest BCUT2D eigenvalue weighted by atomic mass is 10.1. The number of methoxy groups -OCH3 is 2. The number of amides is 8. The molecule has 0 spiro atoms. The molecule has 0 fully saturated rings. The molecule has 0 saturated heterocycles. The van der Waals surface area contributed by atoms with E-state index >= 15 is 0 Å². The lowest BCUT2D eigenvalue weighted by Crippen LogP contribution is -2.50. The normalized spacial score (nSPS) is 17.0. The zero-order chi connectivity index (χ0) is 56.9. The third kappa shape index (κ3) is 11.9. The Balaban J connectivity index is 0.804. The fourth-order valence-electron chi connectivity index (χ4n) is 10.6. The summed E-state index contributed by atoms with van der Waals surface area (Å²) < 4.78 is 24.4. The van der Waals surface area contributed by atoms with Crippen molar-refractivity contribution in [2.75, 3.05) is 54.3 Å². The van der Waals surface area contributed by atoms with Crippen molar-refractivity contribution in [2.45, 2.75) is 89.8 Å². The number of hydrogen-bond donors (Lipinski definition) is 5. The summed E-state index contributed by atoms with van der Waals surface area (Å²) >= 11 is 0. The summed E-state index contributed by atoms with van der Waals surface area (Å²) in [4.78, 5) is 113. The monoisotopic (exact) mass is 1100 g/mol. The van der Waals surface area contributed by atoms with E-state index in [1.807, 2.05) is 59.5 Å². The van der Waals surface area contributed by atoms with Gasteiger partial charge in [0.05, 0.1) is 48.8 Å². The molecule has 5 aliphatic heterocycles. The third-order valence-corrected chi connectivity index (χ3v) is 14.7. The first-order valence-electron chi connectivity index (χ1n) is 26.8. The first-order valence-corrected chi connectivity index (χ1v) is 26.8. The average molecular weight is 1100 g/mol. The summed E-state index contributed by atoms with van der Waals surface area (Å²) in [5.41, 5.74) is 7.24. The number of carbonyl (C=O) groups is 8. The van der Waals surface area contributed by atoms with Crippen molar-refractivity contribution in [2.24, 2.45) is 4.99 Å². The van der Waals surface area contributed by atoms with E-state index in [2.05, 4.69) is 26.6 Å². The fraction of sp³-hybridized carbons (Fsp3) is 0.317. The first-order chi connectivity index (χ1) is 39.2. The van der Waals surface area contributed by atoms with Crippen LogP contribution in [0.15, 0.2) is 108 Å². The maximum absolute atomic E-state index is 14.1. The minimum Gasteiger partial charge on any atom is -0.493 e. The van der Waals surface area contributed by atoms with E-state index in [1.165, 1.54) is 40.2 Å². The number of nitrogens with one attached hydrogen (secondary N) is 5. The van der Waals surface area contributed by atoms with E-state index in [0.717, 1.165) is 33.8 Å². The van der Waals surface area contributed by atoms with Gasteiger partial charge in [-0.2, -0.15) is 0 Å².